The van der Waals surface area contributed by atoms with E-state index in [9.17, 15) is 9.90 Å². The summed E-state index contributed by atoms with van der Waals surface area (Å²) in [5.41, 5.74) is 1.21. The molecule has 1 N–H and O–H groups in total. The Morgan fingerprint density at radius 2 is 2.00 bits per heavy atom. The van der Waals surface area contributed by atoms with Crippen LogP contribution < -0.4 is 0 Å². The average Bonchev–Trinajstić information content (AvgIpc) is 2.89. The van der Waals surface area contributed by atoms with E-state index >= 15 is 0 Å². The maximum atomic E-state index is 11.2. The molecular weight excluding hydrogens is 260 g/mol. The third kappa shape index (κ3) is 2.49. The second-order valence-corrected chi connectivity index (χ2v) is 5.52. The summed E-state index contributed by atoms with van der Waals surface area (Å²) < 4.78 is 0. The quantitative estimate of drug-likeness (QED) is 0.931. The Bertz CT molecular complexity index is 651. The number of carbonyl (C=O) groups is 1. The molecule has 0 aliphatic carbocycles. The van der Waals surface area contributed by atoms with E-state index in [0.717, 1.165) is 11.3 Å². The van der Waals surface area contributed by atoms with Crippen LogP contribution in [0.1, 0.15) is 24.4 Å². The van der Waals surface area contributed by atoms with Gasteiger partial charge in [-0.25, -0.2) is 4.98 Å². The van der Waals surface area contributed by atoms with Crippen molar-refractivity contribution in [2.45, 2.75) is 19.3 Å². The maximum Gasteiger partial charge on any atom is 0.316 e. The second kappa shape index (κ2) is 4.82. The third-order valence-corrected chi connectivity index (χ3v) is 4.05. The molecule has 0 aliphatic rings. The Morgan fingerprint density at radius 3 is 2.53 bits per heavy atom. The molecule has 96 valence electrons. The highest BCUT2D eigenvalue weighted by Gasteiger charge is 2.32. The van der Waals surface area contributed by atoms with Gasteiger partial charge in [0, 0.05) is 10.9 Å². The van der Waals surface area contributed by atoms with Crippen molar-refractivity contribution in [3.8, 4) is 17.3 Å². The normalized spacial score (nSPS) is 11.0. The zero-order chi connectivity index (χ0) is 14.0. The van der Waals surface area contributed by atoms with Gasteiger partial charge in [-0.05, 0) is 26.0 Å². The van der Waals surface area contributed by atoms with Gasteiger partial charge in [0.2, 0.25) is 0 Å². The van der Waals surface area contributed by atoms with Crippen LogP contribution in [0.4, 0.5) is 0 Å². The Kier molecular flexibility index (Phi) is 3.36. The molecule has 4 nitrogen and oxygen atoms in total. The number of hydrogen-bond acceptors (Lipinski definition) is 4. The SMILES string of the molecule is CC(C)(C(=O)O)c1nc(-c2ccc(C#N)cc2)cs1. The number of thiazole rings is 1. The fourth-order valence-electron chi connectivity index (χ4n) is 1.50. The van der Waals surface area contributed by atoms with Gasteiger partial charge in [-0.2, -0.15) is 5.26 Å². The molecule has 2 aromatic rings. The fraction of sp³-hybridized carbons (Fsp3) is 0.214. The summed E-state index contributed by atoms with van der Waals surface area (Å²) in [6.45, 7) is 3.27. The molecule has 0 radical (unpaired) electrons. The number of aliphatic carboxylic acids is 1. The van der Waals surface area contributed by atoms with Gasteiger partial charge in [0.25, 0.3) is 0 Å². The van der Waals surface area contributed by atoms with Gasteiger partial charge in [0.15, 0.2) is 0 Å². The number of carboxylic acid groups (broad SMARTS) is 1. The summed E-state index contributed by atoms with van der Waals surface area (Å²) in [5.74, 6) is -0.895. The molecule has 1 aromatic carbocycles. The van der Waals surface area contributed by atoms with Gasteiger partial charge in [-0.3, -0.25) is 4.79 Å². The molecule has 19 heavy (non-hydrogen) atoms. The van der Waals surface area contributed by atoms with Crippen LogP contribution in [0, 0.1) is 11.3 Å². The first-order chi connectivity index (χ1) is 8.95. The first kappa shape index (κ1) is 13.2. The van der Waals surface area contributed by atoms with Crippen molar-refractivity contribution in [3.05, 3.63) is 40.2 Å². The summed E-state index contributed by atoms with van der Waals surface area (Å²) in [5, 5.41) is 20.3. The minimum atomic E-state index is -0.991. The minimum absolute atomic E-state index is 0.569. The first-order valence-corrected chi connectivity index (χ1v) is 6.53. The Balaban J connectivity index is 2.36. The monoisotopic (exact) mass is 272 g/mol. The summed E-state index contributed by atoms with van der Waals surface area (Å²) in [6, 6.07) is 9.11. The number of nitrogens with zero attached hydrogens (tertiary/aromatic N) is 2. The van der Waals surface area contributed by atoms with Gasteiger partial charge in [0.1, 0.15) is 10.4 Å². The summed E-state index contributed by atoms with van der Waals surface area (Å²) >= 11 is 1.33. The van der Waals surface area contributed by atoms with E-state index in [4.69, 9.17) is 5.26 Å². The van der Waals surface area contributed by atoms with Crippen molar-refractivity contribution < 1.29 is 9.90 Å². The zero-order valence-corrected chi connectivity index (χ0v) is 11.4. The van der Waals surface area contributed by atoms with Gasteiger partial charge >= 0.3 is 5.97 Å². The topological polar surface area (TPSA) is 74.0 Å². The molecule has 0 saturated heterocycles. The number of nitriles is 1. The van der Waals surface area contributed by atoms with Crippen LogP contribution in [0.2, 0.25) is 0 Å². The minimum Gasteiger partial charge on any atom is -0.481 e. The highest BCUT2D eigenvalue weighted by molar-refractivity contribution is 7.10. The summed E-state index contributed by atoms with van der Waals surface area (Å²) in [4.78, 5) is 15.6. The van der Waals surface area contributed by atoms with Crippen LogP contribution in [-0.2, 0) is 10.2 Å². The van der Waals surface area contributed by atoms with Gasteiger partial charge in [-0.1, -0.05) is 12.1 Å². The van der Waals surface area contributed by atoms with E-state index in [-0.39, 0.29) is 0 Å². The highest BCUT2D eigenvalue weighted by atomic mass is 32.1. The smallest absolute Gasteiger partial charge is 0.316 e. The number of aromatic nitrogens is 1. The lowest BCUT2D eigenvalue weighted by Gasteiger charge is -2.15. The number of rotatable bonds is 3. The molecule has 0 amide bonds. The maximum absolute atomic E-state index is 11.2. The first-order valence-electron chi connectivity index (χ1n) is 5.65. The van der Waals surface area contributed by atoms with Crippen LogP contribution in [-0.4, -0.2) is 16.1 Å². The molecule has 0 fully saturated rings. The van der Waals surface area contributed by atoms with Crippen LogP contribution in [0.3, 0.4) is 0 Å². The number of hydrogen-bond donors (Lipinski definition) is 1. The molecule has 0 spiro atoms. The van der Waals surface area contributed by atoms with E-state index < -0.39 is 11.4 Å². The lowest BCUT2D eigenvalue weighted by atomic mass is 9.95. The lowest BCUT2D eigenvalue weighted by Crippen LogP contribution is -2.28. The van der Waals surface area contributed by atoms with Gasteiger partial charge < -0.3 is 5.11 Å². The van der Waals surface area contributed by atoms with E-state index in [0.29, 0.717) is 10.6 Å². The van der Waals surface area contributed by atoms with Crippen molar-refractivity contribution in [2.75, 3.05) is 0 Å². The van der Waals surface area contributed by atoms with E-state index in [1.165, 1.54) is 11.3 Å². The van der Waals surface area contributed by atoms with Crippen molar-refractivity contribution in [2.24, 2.45) is 0 Å². The van der Waals surface area contributed by atoms with Crippen LogP contribution in [0.25, 0.3) is 11.3 Å². The van der Waals surface area contributed by atoms with Crippen LogP contribution in [0.5, 0.6) is 0 Å². The molecule has 1 aromatic heterocycles. The number of carboxylic acids is 1. The Labute approximate surface area is 115 Å². The van der Waals surface area contributed by atoms with Crippen molar-refractivity contribution in [1.82, 2.24) is 4.98 Å². The molecule has 2 rings (SSSR count). The Morgan fingerprint density at radius 1 is 1.37 bits per heavy atom. The summed E-state index contributed by atoms with van der Waals surface area (Å²) in [6.07, 6.45) is 0. The highest BCUT2D eigenvalue weighted by Crippen LogP contribution is 2.30. The number of benzene rings is 1. The Hall–Kier alpha value is -2.19. The molecule has 1 heterocycles. The van der Waals surface area contributed by atoms with Crippen LogP contribution in [0.15, 0.2) is 29.6 Å². The summed E-state index contributed by atoms with van der Waals surface area (Å²) in [7, 11) is 0. The van der Waals surface area contributed by atoms with Gasteiger partial charge in [-0.15, -0.1) is 11.3 Å². The van der Waals surface area contributed by atoms with E-state index in [2.05, 4.69) is 11.1 Å². The second-order valence-electron chi connectivity index (χ2n) is 4.66. The lowest BCUT2D eigenvalue weighted by molar-refractivity contribution is -0.142. The van der Waals surface area contributed by atoms with Crippen LogP contribution >= 0.6 is 11.3 Å². The molecule has 0 aliphatic heterocycles. The predicted molar refractivity (Wildman–Crippen MR) is 72.9 cm³/mol. The molecule has 0 atom stereocenters. The zero-order valence-electron chi connectivity index (χ0n) is 10.5. The van der Waals surface area contributed by atoms with Crippen molar-refractivity contribution in [3.63, 3.8) is 0 Å². The molecule has 5 heteroatoms. The van der Waals surface area contributed by atoms with Gasteiger partial charge in [0.05, 0.1) is 17.3 Å². The molecular formula is C14H12N2O2S. The molecule has 0 unspecified atom stereocenters. The van der Waals surface area contributed by atoms with E-state index in [1.54, 1.807) is 26.0 Å². The van der Waals surface area contributed by atoms with Crippen molar-refractivity contribution >= 4 is 17.3 Å². The average molecular weight is 272 g/mol. The van der Waals surface area contributed by atoms with Crippen molar-refractivity contribution in [1.29, 1.82) is 5.26 Å². The predicted octanol–water partition coefficient (Wildman–Crippen LogP) is 3.04. The fourth-order valence-corrected chi connectivity index (χ4v) is 2.45. The van der Waals surface area contributed by atoms with E-state index in [1.807, 2.05) is 17.5 Å². The third-order valence-electron chi connectivity index (χ3n) is 2.88. The largest absolute Gasteiger partial charge is 0.481 e. The molecule has 0 bridgehead atoms. The molecule has 0 saturated carbocycles. The standard InChI is InChI=1S/C14H12N2O2S/c1-14(2,13(17)18)12-16-11(8-19-12)10-5-3-9(7-15)4-6-10/h3-6,8H,1-2H3,(H,17,18).